The Kier molecular flexibility index (Phi) is 6.23. The van der Waals surface area contributed by atoms with E-state index < -0.39 is 5.97 Å². The second-order valence-electron chi connectivity index (χ2n) is 8.04. The zero-order valence-corrected chi connectivity index (χ0v) is 18.0. The fourth-order valence-electron chi connectivity index (χ4n) is 4.15. The molecule has 1 aromatic heterocycles. The lowest BCUT2D eigenvalue weighted by Crippen LogP contribution is -3.15. The van der Waals surface area contributed by atoms with Crippen LogP contribution in [0.15, 0.2) is 48.5 Å². The Labute approximate surface area is 182 Å². The van der Waals surface area contributed by atoms with Crippen LogP contribution in [0.2, 0.25) is 0 Å². The van der Waals surface area contributed by atoms with Gasteiger partial charge in [-0.2, -0.15) is 0 Å². The standard InChI is InChI=1S/C24H28N4O3/c1-17-8-9-20-19(16-17)22(23(25-20)24(30)31-2)26-21(29)10-11-27-12-14-28(15-13-27)18-6-4-3-5-7-18/h3-9,16,25H,10-15H2,1-2H3,(H,26,29)/p+1. The van der Waals surface area contributed by atoms with Gasteiger partial charge >= 0.3 is 5.97 Å². The number of carbonyl (C=O) groups is 2. The van der Waals surface area contributed by atoms with Gasteiger partial charge in [0.15, 0.2) is 0 Å². The van der Waals surface area contributed by atoms with Crippen molar-refractivity contribution in [2.45, 2.75) is 13.3 Å². The van der Waals surface area contributed by atoms with E-state index in [9.17, 15) is 9.59 Å². The summed E-state index contributed by atoms with van der Waals surface area (Å²) in [6.45, 7) is 6.71. The SMILES string of the molecule is COC(=O)c1[nH]c2ccc(C)cc2c1NC(=O)CC[NH+]1CCN(c2ccccc2)CC1. The van der Waals surface area contributed by atoms with Crippen LogP contribution in [0.1, 0.15) is 22.5 Å². The van der Waals surface area contributed by atoms with Crippen LogP contribution >= 0.6 is 0 Å². The van der Waals surface area contributed by atoms with E-state index in [1.54, 1.807) is 0 Å². The van der Waals surface area contributed by atoms with Crippen molar-refractivity contribution in [1.29, 1.82) is 0 Å². The van der Waals surface area contributed by atoms with Gasteiger partial charge in [0, 0.05) is 16.6 Å². The molecule has 2 aromatic carbocycles. The molecular weight excluding hydrogens is 392 g/mol. The van der Waals surface area contributed by atoms with Gasteiger partial charge < -0.3 is 24.8 Å². The lowest BCUT2D eigenvalue weighted by molar-refractivity contribution is -0.900. The number of hydrogen-bond donors (Lipinski definition) is 3. The van der Waals surface area contributed by atoms with Crippen molar-refractivity contribution < 1.29 is 19.2 Å². The van der Waals surface area contributed by atoms with Gasteiger partial charge in [0.25, 0.3) is 0 Å². The molecule has 1 fully saturated rings. The molecule has 0 bridgehead atoms. The topological polar surface area (TPSA) is 78.9 Å². The van der Waals surface area contributed by atoms with Gasteiger partial charge in [0.2, 0.25) is 5.91 Å². The molecule has 0 spiro atoms. The predicted octanol–water partition coefficient (Wildman–Crippen LogP) is 2.00. The Hall–Kier alpha value is -3.32. The monoisotopic (exact) mass is 421 g/mol. The van der Waals surface area contributed by atoms with Crippen LogP contribution in [0.3, 0.4) is 0 Å². The van der Waals surface area contributed by atoms with E-state index in [1.807, 2.05) is 31.2 Å². The molecule has 162 valence electrons. The van der Waals surface area contributed by atoms with E-state index in [4.69, 9.17) is 4.74 Å². The van der Waals surface area contributed by atoms with Crippen molar-refractivity contribution in [2.24, 2.45) is 0 Å². The van der Waals surface area contributed by atoms with Gasteiger partial charge in [-0.05, 0) is 31.2 Å². The second kappa shape index (κ2) is 9.22. The number of piperazine rings is 1. The highest BCUT2D eigenvalue weighted by molar-refractivity contribution is 6.11. The van der Waals surface area contributed by atoms with Crippen LogP contribution in [-0.4, -0.2) is 56.7 Å². The number of fused-ring (bicyclic) bond motifs is 1. The summed E-state index contributed by atoms with van der Waals surface area (Å²) in [4.78, 5) is 31.8. The molecule has 7 nitrogen and oxygen atoms in total. The maximum atomic E-state index is 12.7. The molecule has 1 saturated heterocycles. The third-order valence-corrected chi connectivity index (χ3v) is 5.91. The number of nitrogens with one attached hydrogen (secondary N) is 3. The highest BCUT2D eigenvalue weighted by Gasteiger charge is 2.23. The van der Waals surface area contributed by atoms with Crippen molar-refractivity contribution in [3.8, 4) is 0 Å². The number of amides is 1. The smallest absolute Gasteiger partial charge is 0.356 e. The van der Waals surface area contributed by atoms with E-state index >= 15 is 0 Å². The molecule has 4 rings (SSSR count). The number of aromatic amines is 1. The molecule has 31 heavy (non-hydrogen) atoms. The third-order valence-electron chi connectivity index (χ3n) is 5.91. The number of para-hydroxylation sites is 1. The molecule has 1 aliphatic heterocycles. The summed E-state index contributed by atoms with van der Waals surface area (Å²) in [6.07, 6.45) is 0.403. The Morgan fingerprint density at radius 3 is 2.58 bits per heavy atom. The van der Waals surface area contributed by atoms with Crippen LogP contribution in [0.25, 0.3) is 10.9 Å². The molecule has 0 aliphatic carbocycles. The van der Waals surface area contributed by atoms with E-state index in [2.05, 4.69) is 39.5 Å². The normalized spacial score (nSPS) is 14.6. The van der Waals surface area contributed by atoms with Crippen LogP contribution in [-0.2, 0) is 9.53 Å². The number of aryl methyl sites for hydroxylation is 1. The minimum Gasteiger partial charge on any atom is -0.464 e. The molecule has 0 atom stereocenters. The van der Waals surface area contributed by atoms with Crippen molar-refractivity contribution in [3.63, 3.8) is 0 Å². The van der Waals surface area contributed by atoms with Crippen molar-refractivity contribution >= 4 is 34.2 Å². The minimum absolute atomic E-state index is 0.0921. The number of rotatable bonds is 6. The number of hydrogen-bond acceptors (Lipinski definition) is 4. The van der Waals surface area contributed by atoms with Crippen molar-refractivity contribution in [1.82, 2.24) is 4.98 Å². The number of carbonyl (C=O) groups excluding carboxylic acids is 2. The first-order valence-electron chi connectivity index (χ1n) is 10.7. The number of esters is 1. The summed E-state index contributed by atoms with van der Waals surface area (Å²) >= 11 is 0. The summed E-state index contributed by atoms with van der Waals surface area (Å²) in [6, 6.07) is 16.3. The van der Waals surface area contributed by atoms with Gasteiger partial charge in [-0.1, -0.05) is 29.8 Å². The summed E-state index contributed by atoms with van der Waals surface area (Å²) in [5.41, 5.74) is 3.88. The van der Waals surface area contributed by atoms with Crippen LogP contribution in [0.5, 0.6) is 0 Å². The quantitative estimate of drug-likeness (QED) is 0.532. The van der Waals surface area contributed by atoms with Gasteiger partial charge in [0.05, 0.1) is 51.9 Å². The lowest BCUT2D eigenvalue weighted by atomic mass is 10.1. The molecule has 1 amide bonds. The fraction of sp³-hybridized carbons (Fsp3) is 0.333. The molecule has 7 heteroatoms. The van der Waals surface area contributed by atoms with E-state index in [-0.39, 0.29) is 11.6 Å². The maximum Gasteiger partial charge on any atom is 0.356 e. The maximum absolute atomic E-state index is 12.7. The van der Waals surface area contributed by atoms with Crippen LogP contribution in [0, 0.1) is 6.92 Å². The van der Waals surface area contributed by atoms with Crippen LogP contribution < -0.4 is 15.1 Å². The molecular formula is C24H29N4O3+. The fourth-order valence-corrected chi connectivity index (χ4v) is 4.15. The van der Waals surface area contributed by atoms with Gasteiger partial charge in [0.1, 0.15) is 5.69 Å². The first kappa shape index (κ1) is 20.9. The highest BCUT2D eigenvalue weighted by Crippen LogP contribution is 2.29. The summed E-state index contributed by atoms with van der Waals surface area (Å²) in [7, 11) is 1.34. The summed E-state index contributed by atoms with van der Waals surface area (Å²) in [5.74, 6) is -0.586. The Morgan fingerprint density at radius 2 is 1.87 bits per heavy atom. The zero-order valence-electron chi connectivity index (χ0n) is 18.0. The summed E-state index contributed by atoms with van der Waals surface area (Å²) in [5, 5.41) is 3.77. The molecule has 3 aromatic rings. The second-order valence-corrected chi connectivity index (χ2v) is 8.04. The van der Waals surface area contributed by atoms with E-state index in [1.165, 1.54) is 17.7 Å². The molecule has 0 saturated carbocycles. The number of methoxy groups -OCH3 is 1. The number of aromatic nitrogens is 1. The van der Waals surface area contributed by atoms with E-state index in [0.717, 1.165) is 49.2 Å². The number of quaternary nitrogens is 1. The van der Waals surface area contributed by atoms with Gasteiger partial charge in [-0.15, -0.1) is 0 Å². The number of anilines is 2. The van der Waals surface area contributed by atoms with Crippen LogP contribution in [0.4, 0.5) is 11.4 Å². The zero-order chi connectivity index (χ0) is 21.8. The number of nitrogens with zero attached hydrogens (tertiary/aromatic N) is 1. The molecule has 0 radical (unpaired) electrons. The summed E-state index contributed by atoms with van der Waals surface area (Å²) < 4.78 is 4.89. The largest absolute Gasteiger partial charge is 0.464 e. The Bertz CT molecular complexity index is 1070. The van der Waals surface area contributed by atoms with Crippen molar-refractivity contribution in [2.75, 3.05) is 50.1 Å². The average Bonchev–Trinajstić information content (AvgIpc) is 3.15. The van der Waals surface area contributed by atoms with Gasteiger partial charge in [-0.25, -0.2) is 4.79 Å². The number of H-pyrrole nitrogens is 1. The minimum atomic E-state index is -0.494. The predicted molar refractivity (Wildman–Crippen MR) is 122 cm³/mol. The molecule has 2 heterocycles. The van der Waals surface area contributed by atoms with Gasteiger partial charge in [-0.3, -0.25) is 4.79 Å². The first-order chi connectivity index (χ1) is 15.0. The number of ether oxygens (including phenoxy) is 1. The average molecular weight is 422 g/mol. The molecule has 3 N–H and O–H groups in total. The molecule has 1 aliphatic rings. The first-order valence-corrected chi connectivity index (χ1v) is 10.7. The van der Waals surface area contributed by atoms with E-state index in [0.29, 0.717) is 12.1 Å². The van der Waals surface area contributed by atoms with Crippen molar-refractivity contribution in [3.05, 3.63) is 59.8 Å². The molecule has 0 unspecified atom stereocenters. The number of benzene rings is 2. The third kappa shape index (κ3) is 4.72. The highest BCUT2D eigenvalue weighted by atomic mass is 16.5. The Balaban J connectivity index is 1.37. The lowest BCUT2D eigenvalue weighted by Gasteiger charge is -2.33. The Morgan fingerprint density at radius 1 is 1.13 bits per heavy atom.